The Morgan fingerprint density at radius 3 is 2.67 bits per heavy atom. The fourth-order valence-corrected chi connectivity index (χ4v) is 2.16. The van der Waals surface area contributed by atoms with Gasteiger partial charge in [0.2, 0.25) is 5.91 Å². The number of nitrogens with one attached hydrogen (secondary N) is 2. The van der Waals surface area contributed by atoms with Gasteiger partial charge in [-0.15, -0.1) is 0 Å². The van der Waals surface area contributed by atoms with Crippen molar-refractivity contribution in [3.63, 3.8) is 0 Å². The number of hydrogen-bond acceptors (Lipinski definition) is 3. The molecule has 6 nitrogen and oxygen atoms in total. The van der Waals surface area contributed by atoms with E-state index in [0.29, 0.717) is 6.42 Å². The van der Waals surface area contributed by atoms with E-state index >= 15 is 0 Å². The van der Waals surface area contributed by atoms with Gasteiger partial charge >= 0.3 is 6.09 Å². The number of hydrogen-bond donors (Lipinski definition) is 3. The van der Waals surface area contributed by atoms with E-state index in [9.17, 15) is 9.59 Å². The molecule has 0 saturated carbocycles. The standard InChI is InChI=1S/C10H14N2O.C5H11NO2/c1-12-9-7-11-6-5-8(9)3-2-4-10(12)13;1-5(2,3)6-4(7)8/h3,5-6,9,11H,2,4,7H2,1H3;6H,1-3H3,(H,7,8)/t9-;/m1./s1. The molecule has 0 aliphatic carbocycles. The number of amides is 2. The molecule has 0 spiro atoms. The molecule has 0 aromatic heterocycles. The van der Waals surface area contributed by atoms with Crippen molar-refractivity contribution >= 4 is 12.0 Å². The molecule has 118 valence electrons. The summed E-state index contributed by atoms with van der Waals surface area (Å²) in [5, 5.41) is 13.6. The van der Waals surface area contributed by atoms with Crippen LogP contribution < -0.4 is 10.6 Å². The summed E-state index contributed by atoms with van der Waals surface area (Å²) in [6, 6.07) is 0.236. The molecule has 2 aliphatic heterocycles. The lowest BCUT2D eigenvalue weighted by Gasteiger charge is -2.30. The Balaban J connectivity index is 0.000000240. The predicted octanol–water partition coefficient (Wildman–Crippen LogP) is 1.70. The highest BCUT2D eigenvalue weighted by Crippen LogP contribution is 2.19. The largest absolute Gasteiger partial charge is 0.465 e. The minimum absolute atomic E-state index is 0.236. The van der Waals surface area contributed by atoms with Gasteiger partial charge in [0.15, 0.2) is 0 Å². The van der Waals surface area contributed by atoms with Crippen LogP contribution in [0.2, 0.25) is 0 Å². The maximum atomic E-state index is 11.5. The van der Waals surface area contributed by atoms with Crippen LogP contribution in [-0.4, -0.2) is 47.2 Å². The molecule has 0 unspecified atom stereocenters. The smallest absolute Gasteiger partial charge is 0.405 e. The second kappa shape index (κ2) is 7.15. The van der Waals surface area contributed by atoms with Crippen molar-refractivity contribution in [1.82, 2.24) is 15.5 Å². The lowest BCUT2D eigenvalue weighted by molar-refractivity contribution is -0.130. The van der Waals surface area contributed by atoms with E-state index in [2.05, 4.69) is 22.8 Å². The number of nitrogens with zero attached hydrogens (tertiary/aromatic N) is 1. The molecule has 1 atom stereocenters. The summed E-state index contributed by atoms with van der Waals surface area (Å²) in [6.45, 7) is 6.22. The maximum Gasteiger partial charge on any atom is 0.405 e. The summed E-state index contributed by atoms with van der Waals surface area (Å²) in [4.78, 5) is 23.3. The van der Waals surface area contributed by atoms with Gasteiger partial charge in [-0.2, -0.15) is 0 Å². The first kappa shape index (κ1) is 17.1. The SMILES string of the molecule is CC(C)(C)NC(=O)O.CN1C(=O)CCC=C2C=CNC[C@H]21. The third-order valence-electron chi connectivity index (χ3n) is 3.17. The zero-order chi connectivity index (χ0) is 16.0. The third kappa shape index (κ3) is 5.89. The van der Waals surface area contributed by atoms with Crippen LogP contribution in [0.15, 0.2) is 23.9 Å². The molecular formula is C15H25N3O3. The van der Waals surface area contributed by atoms with Crippen molar-refractivity contribution in [3.05, 3.63) is 23.9 Å². The molecule has 2 aliphatic rings. The topological polar surface area (TPSA) is 81.7 Å². The average Bonchev–Trinajstić information content (AvgIpc) is 2.49. The van der Waals surface area contributed by atoms with Crippen molar-refractivity contribution in [2.24, 2.45) is 0 Å². The lowest BCUT2D eigenvalue weighted by atomic mass is 10.0. The number of likely N-dealkylation sites (N-methyl/N-ethyl adjacent to an activating group) is 1. The number of fused-ring (bicyclic) bond motifs is 1. The number of carboxylic acid groups (broad SMARTS) is 1. The summed E-state index contributed by atoms with van der Waals surface area (Å²) in [6.07, 6.45) is 6.72. The molecule has 6 heteroatoms. The molecule has 3 N–H and O–H groups in total. The lowest BCUT2D eigenvalue weighted by Crippen LogP contribution is -2.44. The summed E-state index contributed by atoms with van der Waals surface area (Å²) in [5.74, 6) is 0.244. The van der Waals surface area contributed by atoms with Gasteiger partial charge in [-0.05, 0) is 45.0 Å². The molecule has 0 aromatic rings. The normalized spacial score (nSPS) is 21.1. The molecular weight excluding hydrogens is 270 g/mol. The van der Waals surface area contributed by atoms with Crippen molar-refractivity contribution in [1.29, 1.82) is 0 Å². The minimum Gasteiger partial charge on any atom is -0.465 e. The van der Waals surface area contributed by atoms with Crippen LogP contribution >= 0.6 is 0 Å². The quantitative estimate of drug-likeness (QED) is 0.635. The summed E-state index contributed by atoms with van der Waals surface area (Å²) in [7, 11) is 1.88. The first-order valence-corrected chi connectivity index (χ1v) is 7.07. The van der Waals surface area contributed by atoms with E-state index in [4.69, 9.17) is 5.11 Å². The fourth-order valence-electron chi connectivity index (χ4n) is 2.16. The minimum atomic E-state index is -0.975. The number of rotatable bonds is 0. The van der Waals surface area contributed by atoms with E-state index < -0.39 is 6.09 Å². The maximum absolute atomic E-state index is 11.5. The Morgan fingerprint density at radius 2 is 2.14 bits per heavy atom. The monoisotopic (exact) mass is 295 g/mol. The van der Waals surface area contributed by atoms with Crippen molar-refractivity contribution < 1.29 is 14.7 Å². The van der Waals surface area contributed by atoms with Crippen LogP contribution in [0.25, 0.3) is 0 Å². The van der Waals surface area contributed by atoms with E-state index in [0.717, 1.165) is 13.0 Å². The van der Waals surface area contributed by atoms with Crippen molar-refractivity contribution in [2.45, 2.75) is 45.2 Å². The fraction of sp³-hybridized carbons (Fsp3) is 0.600. The second-order valence-electron chi connectivity index (χ2n) is 6.18. The Kier molecular flexibility index (Phi) is 5.81. The first-order valence-electron chi connectivity index (χ1n) is 7.07. The van der Waals surface area contributed by atoms with E-state index in [-0.39, 0.29) is 17.5 Å². The second-order valence-corrected chi connectivity index (χ2v) is 6.18. The predicted molar refractivity (Wildman–Crippen MR) is 81.9 cm³/mol. The van der Waals surface area contributed by atoms with Gasteiger partial charge < -0.3 is 20.6 Å². The van der Waals surface area contributed by atoms with Crippen LogP contribution in [0.4, 0.5) is 4.79 Å². The number of allylic oxidation sites excluding steroid dienone is 1. The van der Waals surface area contributed by atoms with Gasteiger partial charge in [-0.25, -0.2) is 4.79 Å². The molecule has 21 heavy (non-hydrogen) atoms. The average molecular weight is 295 g/mol. The van der Waals surface area contributed by atoms with E-state index in [1.54, 1.807) is 20.8 Å². The molecule has 2 rings (SSSR count). The van der Waals surface area contributed by atoms with Gasteiger partial charge in [0.05, 0.1) is 6.04 Å². The molecule has 0 radical (unpaired) electrons. The van der Waals surface area contributed by atoms with Crippen LogP contribution in [-0.2, 0) is 4.79 Å². The summed E-state index contributed by atoms with van der Waals surface area (Å²) >= 11 is 0. The molecule has 0 aromatic carbocycles. The van der Waals surface area contributed by atoms with Crippen molar-refractivity contribution in [3.8, 4) is 0 Å². The van der Waals surface area contributed by atoms with Gasteiger partial charge in [0.1, 0.15) is 0 Å². The molecule has 0 fully saturated rings. The number of carbonyl (C=O) groups is 2. The van der Waals surface area contributed by atoms with Gasteiger partial charge in [0.25, 0.3) is 0 Å². The van der Waals surface area contributed by atoms with Gasteiger partial charge in [-0.1, -0.05) is 6.08 Å². The molecule has 2 heterocycles. The summed E-state index contributed by atoms with van der Waals surface area (Å²) in [5.41, 5.74) is 0.943. The molecule has 0 saturated heterocycles. The van der Waals surface area contributed by atoms with E-state index in [1.165, 1.54) is 5.57 Å². The molecule has 0 bridgehead atoms. The summed E-state index contributed by atoms with van der Waals surface area (Å²) < 4.78 is 0. The van der Waals surface area contributed by atoms with Gasteiger partial charge in [0, 0.05) is 25.6 Å². The Bertz CT molecular complexity index is 450. The van der Waals surface area contributed by atoms with Crippen LogP contribution in [0.5, 0.6) is 0 Å². The van der Waals surface area contributed by atoms with E-state index in [1.807, 2.05) is 18.1 Å². The number of carbonyl (C=O) groups excluding carboxylic acids is 1. The third-order valence-corrected chi connectivity index (χ3v) is 3.17. The van der Waals surface area contributed by atoms with Crippen LogP contribution in [0, 0.1) is 0 Å². The van der Waals surface area contributed by atoms with Crippen LogP contribution in [0.1, 0.15) is 33.6 Å². The van der Waals surface area contributed by atoms with Gasteiger partial charge in [-0.3, -0.25) is 4.79 Å². The Morgan fingerprint density at radius 1 is 1.48 bits per heavy atom. The van der Waals surface area contributed by atoms with Crippen molar-refractivity contribution in [2.75, 3.05) is 13.6 Å². The highest BCUT2D eigenvalue weighted by atomic mass is 16.4. The zero-order valence-electron chi connectivity index (χ0n) is 13.1. The highest BCUT2D eigenvalue weighted by molar-refractivity contribution is 5.77. The van der Waals surface area contributed by atoms with Crippen LogP contribution in [0.3, 0.4) is 0 Å². The highest BCUT2D eigenvalue weighted by Gasteiger charge is 2.25. The first-order chi connectivity index (χ1) is 9.70. The molecule has 2 amide bonds. The Hall–Kier alpha value is -1.98. The zero-order valence-corrected chi connectivity index (χ0v) is 13.1. The Labute approximate surface area is 125 Å².